The van der Waals surface area contributed by atoms with Crippen LogP contribution in [-0.4, -0.2) is 24.0 Å². The number of carbonyl (C=O) groups is 2. The minimum absolute atomic E-state index is 0.345. The first-order chi connectivity index (χ1) is 13.2. The lowest BCUT2D eigenvalue weighted by molar-refractivity contribution is -0.137. The molecule has 0 aromatic heterocycles. The van der Waals surface area contributed by atoms with Crippen molar-refractivity contribution in [3.8, 4) is 5.75 Å². The van der Waals surface area contributed by atoms with E-state index in [9.17, 15) is 9.59 Å². The van der Waals surface area contributed by atoms with E-state index in [-0.39, 0.29) is 0 Å². The summed E-state index contributed by atoms with van der Waals surface area (Å²) in [5, 5.41) is 6.03. The van der Waals surface area contributed by atoms with Crippen LogP contribution in [0, 0.1) is 5.92 Å². The smallest absolute Gasteiger partial charge is 0.313 e. The number of ether oxygens (including phenoxy) is 1. The molecule has 2 N–H and O–H groups in total. The SMILES string of the molecule is CC(C)COc1ccccc1NC(=O)C(=O)NC(C)(C)Cc1ccccc1Cl. The highest BCUT2D eigenvalue weighted by atomic mass is 35.5. The van der Waals surface area contributed by atoms with Crippen molar-refractivity contribution in [2.45, 2.75) is 39.7 Å². The van der Waals surface area contributed by atoms with Crippen molar-refractivity contribution in [3.05, 3.63) is 59.1 Å². The molecule has 2 aromatic rings. The van der Waals surface area contributed by atoms with Gasteiger partial charge in [-0.3, -0.25) is 9.59 Å². The van der Waals surface area contributed by atoms with Gasteiger partial charge in [-0.05, 0) is 49.9 Å². The number of halogens is 1. The predicted octanol–water partition coefficient (Wildman–Crippen LogP) is 4.45. The van der Waals surface area contributed by atoms with Crippen LogP contribution < -0.4 is 15.4 Å². The average molecular weight is 403 g/mol. The van der Waals surface area contributed by atoms with Crippen LogP contribution in [-0.2, 0) is 16.0 Å². The molecule has 2 amide bonds. The second-order valence-corrected chi connectivity index (χ2v) is 8.17. The predicted molar refractivity (Wildman–Crippen MR) is 113 cm³/mol. The second-order valence-electron chi connectivity index (χ2n) is 7.76. The van der Waals surface area contributed by atoms with Crippen LogP contribution in [0.3, 0.4) is 0 Å². The zero-order valence-corrected chi connectivity index (χ0v) is 17.5. The molecule has 5 nitrogen and oxygen atoms in total. The summed E-state index contributed by atoms with van der Waals surface area (Å²) in [6, 6.07) is 14.5. The summed E-state index contributed by atoms with van der Waals surface area (Å²) in [5.74, 6) is -0.575. The Balaban J connectivity index is 2.01. The minimum Gasteiger partial charge on any atom is -0.491 e. The van der Waals surface area contributed by atoms with E-state index < -0.39 is 17.4 Å². The van der Waals surface area contributed by atoms with E-state index in [0.29, 0.717) is 35.4 Å². The summed E-state index contributed by atoms with van der Waals surface area (Å²) in [6.45, 7) is 8.29. The van der Waals surface area contributed by atoms with Crippen molar-refractivity contribution in [2.24, 2.45) is 5.92 Å². The first-order valence-corrected chi connectivity index (χ1v) is 9.64. The van der Waals surface area contributed by atoms with Crippen molar-refractivity contribution in [1.82, 2.24) is 5.32 Å². The van der Waals surface area contributed by atoms with Gasteiger partial charge >= 0.3 is 11.8 Å². The summed E-state index contributed by atoms with van der Waals surface area (Å²) in [5.41, 5.74) is 0.724. The highest BCUT2D eigenvalue weighted by Gasteiger charge is 2.26. The third kappa shape index (κ3) is 6.57. The molecule has 0 aliphatic carbocycles. The summed E-state index contributed by atoms with van der Waals surface area (Å²) < 4.78 is 5.71. The van der Waals surface area contributed by atoms with Gasteiger partial charge < -0.3 is 15.4 Å². The molecule has 150 valence electrons. The number of anilines is 1. The number of benzene rings is 2. The summed E-state index contributed by atoms with van der Waals surface area (Å²) in [7, 11) is 0. The number of nitrogens with one attached hydrogen (secondary N) is 2. The van der Waals surface area contributed by atoms with Gasteiger partial charge in [0.25, 0.3) is 0 Å². The Morgan fingerprint density at radius 2 is 1.68 bits per heavy atom. The lowest BCUT2D eigenvalue weighted by Gasteiger charge is -2.26. The minimum atomic E-state index is -0.743. The van der Waals surface area contributed by atoms with E-state index in [2.05, 4.69) is 10.6 Å². The fourth-order valence-corrected chi connectivity index (χ4v) is 2.86. The van der Waals surface area contributed by atoms with Gasteiger partial charge in [0.05, 0.1) is 12.3 Å². The number of para-hydroxylation sites is 2. The monoisotopic (exact) mass is 402 g/mol. The zero-order chi connectivity index (χ0) is 20.7. The molecule has 0 aliphatic rings. The molecule has 0 aliphatic heterocycles. The highest BCUT2D eigenvalue weighted by molar-refractivity contribution is 6.40. The van der Waals surface area contributed by atoms with E-state index in [4.69, 9.17) is 16.3 Å². The van der Waals surface area contributed by atoms with Gasteiger partial charge in [0.2, 0.25) is 0 Å². The van der Waals surface area contributed by atoms with Crippen LogP contribution in [0.25, 0.3) is 0 Å². The van der Waals surface area contributed by atoms with Gasteiger partial charge in [-0.15, -0.1) is 0 Å². The van der Waals surface area contributed by atoms with E-state index in [1.54, 1.807) is 24.3 Å². The molecule has 28 heavy (non-hydrogen) atoms. The van der Waals surface area contributed by atoms with E-state index in [1.807, 2.05) is 52.0 Å². The molecule has 0 heterocycles. The highest BCUT2D eigenvalue weighted by Crippen LogP contribution is 2.24. The Hall–Kier alpha value is -2.53. The van der Waals surface area contributed by atoms with Crippen LogP contribution in [0.4, 0.5) is 5.69 Å². The van der Waals surface area contributed by atoms with Crippen molar-refractivity contribution >= 4 is 29.1 Å². The Morgan fingerprint density at radius 3 is 2.36 bits per heavy atom. The quantitative estimate of drug-likeness (QED) is 0.672. The lowest BCUT2D eigenvalue weighted by Crippen LogP contribution is -2.49. The van der Waals surface area contributed by atoms with Crippen molar-refractivity contribution in [1.29, 1.82) is 0 Å². The third-order valence-electron chi connectivity index (χ3n) is 3.96. The maximum atomic E-state index is 12.4. The van der Waals surface area contributed by atoms with Crippen molar-refractivity contribution in [3.63, 3.8) is 0 Å². The summed E-state index contributed by atoms with van der Waals surface area (Å²) in [6.07, 6.45) is 0.500. The molecule has 0 fully saturated rings. The largest absolute Gasteiger partial charge is 0.491 e. The van der Waals surface area contributed by atoms with Crippen molar-refractivity contribution in [2.75, 3.05) is 11.9 Å². The second kappa shape index (κ2) is 9.60. The molecule has 0 unspecified atom stereocenters. The Morgan fingerprint density at radius 1 is 1.04 bits per heavy atom. The van der Waals surface area contributed by atoms with Crippen LogP contribution in [0.2, 0.25) is 5.02 Å². The number of carbonyl (C=O) groups excluding carboxylic acids is 2. The van der Waals surface area contributed by atoms with Crippen LogP contribution in [0.1, 0.15) is 33.3 Å². The molecule has 2 rings (SSSR count). The number of rotatable bonds is 7. The van der Waals surface area contributed by atoms with Gasteiger partial charge in [0, 0.05) is 10.6 Å². The van der Waals surface area contributed by atoms with Gasteiger partial charge in [-0.1, -0.05) is 55.8 Å². The standard InChI is InChI=1S/C22H27ClN2O3/c1-15(2)14-28-19-12-8-7-11-18(19)24-20(26)21(27)25-22(3,4)13-16-9-5-6-10-17(16)23/h5-12,15H,13-14H2,1-4H3,(H,24,26)(H,25,27). The Labute approximate surface area is 171 Å². The van der Waals surface area contributed by atoms with Crippen LogP contribution in [0.5, 0.6) is 5.75 Å². The first-order valence-electron chi connectivity index (χ1n) is 9.26. The van der Waals surface area contributed by atoms with E-state index in [1.165, 1.54) is 0 Å². The Bertz CT molecular complexity index is 834. The molecular formula is C22H27ClN2O3. The van der Waals surface area contributed by atoms with Gasteiger partial charge in [-0.2, -0.15) is 0 Å². The topological polar surface area (TPSA) is 67.4 Å². The fraction of sp³-hybridized carbons (Fsp3) is 0.364. The van der Waals surface area contributed by atoms with Gasteiger partial charge in [0.1, 0.15) is 5.75 Å². The first kappa shape index (κ1) is 21.8. The van der Waals surface area contributed by atoms with Gasteiger partial charge in [0.15, 0.2) is 0 Å². The Kier molecular flexibility index (Phi) is 7.46. The normalized spacial score (nSPS) is 11.2. The molecule has 2 aromatic carbocycles. The molecule has 0 atom stereocenters. The van der Waals surface area contributed by atoms with E-state index in [0.717, 1.165) is 5.56 Å². The molecule has 0 bridgehead atoms. The third-order valence-corrected chi connectivity index (χ3v) is 4.32. The molecule has 6 heteroatoms. The maximum absolute atomic E-state index is 12.4. The number of hydrogen-bond donors (Lipinski definition) is 2. The molecule has 0 saturated heterocycles. The maximum Gasteiger partial charge on any atom is 0.313 e. The molecule has 0 saturated carbocycles. The molecule has 0 spiro atoms. The number of amides is 2. The molecule has 0 radical (unpaired) electrons. The van der Waals surface area contributed by atoms with Crippen molar-refractivity contribution < 1.29 is 14.3 Å². The fourth-order valence-electron chi connectivity index (χ4n) is 2.66. The van der Waals surface area contributed by atoms with Crippen LogP contribution >= 0.6 is 11.6 Å². The zero-order valence-electron chi connectivity index (χ0n) is 16.7. The molecular weight excluding hydrogens is 376 g/mol. The van der Waals surface area contributed by atoms with Crippen LogP contribution in [0.15, 0.2) is 48.5 Å². The van der Waals surface area contributed by atoms with Gasteiger partial charge in [-0.25, -0.2) is 0 Å². The average Bonchev–Trinajstić information content (AvgIpc) is 2.62. The number of hydrogen-bond acceptors (Lipinski definition) is 3. The van der Waals surface area contributed by atoms with E-state index >= 15 is 0 Å². The lowest BCUT2D eigenvalue weighted by atomic mass is 9.95. The summed E-state index contributed by atoms with van der Waals surface area (Å²) >= 11 is 6.20. The summed E-state index contributed by atoms with van der Waals surface area (Å²) in [4.78, 5) is 24.8.